The first kappa shape index (κ1) is 27.6. The molecule has 2 N–H and O–H groups in total. The molecule has 34 heavy (non-hydrogen) atoms. The second-order valence-corrected chi connectivity index (χ2v) is 10.5. The molecular weight excluding hydrogens is 470 g/mol. The summed E-state index contributed by atoms with van der Waals surface area (Å²) in [5, 5.41) is 13.1. The van der Waals surface area contributed by atoms with E-state index in [1.807, 2.05) is 38.2 Å². The number of hydrogen-bond donors (Lipinski definition) is 2. The van der Waals surface area contributed by atoms with Crippen molar-refractivity contribution in [3.8, 4) is 0 Å². The molecule has 0 bridgehead atoms. The predicted molar refractivity (Wildman–Crippen MR) is 141 cm³/mol. The van der Waals surface area contributed by atoms with E-state index in [1.165, 1.54) is 24.3 Å². The van der Waals surface area contributed by atoms with Gasteiger partial charge in [-0.2, -0.15) is 0 Å². The second kappa shape index (κ2) is 13.3. The Kier molecular flexibility index (Phi) is 10.8. The quantitative estimate of drug-likeness (QED) is 0.327. The van der Waals surface area contributed by atoms with E-state index in [0.29, 0.717) is 46.7 Å². The Labute approximate surface area is 207 Å². The molecule has 5 nitrogen and oxygen atoms in total. The smallest absolute Gasteiger partial charge is 0.255 e. The molecule has 0 saturated heterocycles. The van der Waals surface area contributed by atoms with Crippen molar-refractivity contribution in [1.29, 1.82) is 0 Å². The third-order valence-electron chi connectivity index (χ3n) is 5.22. The fourth-order valence-corrected chi connectivity index (χ4v) is 4.92. The molecule has 2 aromatic carbocycles. The number of anilines is 1. The molecule has 0 spiro atoms. The number of carbonyl (C=O) groups is 1. The third-order valence-corrected chi connectivity index (χ3v) is 7.37. The summed E-state index contributed by atoms with van der Waals surface area (Å²) in [6, 6.07) is 11.0. The van der Waals surface area contributed by atoms with E-state index in [-0.39, 0.29) is 16.6 Å². The highest BCUT2D eigenvalue weighted by Crippen LogP contribution is 2.27. The topological polar surface area (TPSA) is 83.5 Å². The number of nitrogens with one attached hydrogen (secondary N) is 1. The van der Waals surface area contributed by atoms with Crippen molar-refractivity contribution in [2.45, 2.75) is 50.5 Å². The SMILES string of the molecule is C=C(/C=C\C=C/C)c1cc(NC(=O)c2ccc(S(=O)(=O)CCCC(O)CCC)cc2)ccc1Cl. The molecule has 0 heterocycles. The summed E-state index contributed by atoms with van der Waals surface area (Å²) in [4.78, 5) is 12.9. The highest BCUT2D eigenvalue weighted by molar-refractivity contribution is 7.91. The van der Waals surface area contributed by atoms with Gasteiger partial charge in [-0.05, 0) is 74.2 Å². The normalized spacial score (nSPS) is 12.8. The largest absolute Gasteiger partial charge is 0.393 e. The Bertz CT molecular complexity index is 1150. The second-order valence-electron chi connectivity index (χ2n) is 7.99. The van der Waals surface area contributed by atoms with E-state index in [9.17, 15) is 18.3 Å². The number of aliphatic hydroxyl groups is 1. The molecule has 2 aromatic rings. The molecule has 0 aliphatic heterocycles. The molecule has 1 atom stereocenters. The standard InChI is InChI=1S/C27H32ClNO4S/c1-4-6-7-10-20(3)25-19-22(14-17-26(25)28)29-27(31)21-12-15-24(16-13-21)34(32,33)18-8-11-23(30)9-5-2/h4,6-7,10,12-17,19,23,30H,3,5,8-9,11,18H2,1-2H3,(H,29,31)/b6-4-,10-7-. The van der Waals surface area contributed by atoms with Gasteiger partial charge in [0.1, 0.15) is 0 Å². The minimum atomic E-state index is -3.48. The number of carbonyl (C=O) groups excluding carboxylic acids is 1. The Hall–Kier alpha value is -2.67. The maximum atomic E-state index is 12.7. The minimum Gasteiger partial charge on any atom is -0.393 e. The zero-order valence-corrected chi connectivity index (χ0v) is 21.2. The van der Waals surface area contributed by atoms with Crippen molar-refractivity contribution in [3.05, 3.63) is 89.5 Å². The van der Waals surface area contributed by atoms with Gasteiger partial charge in [0, 0.05) is 21.8 Å². The van der Waals surface area contributed by atoms with Gasteiger partial charge < -0.3 is 10.4 Å². The van der Waals surface area contributed by atoms with Gasteiger partial charge in [0.25, 0.3) is 5.91 Å². The zero-order chi connectivity index (χ0) is 25.1. The number of amides is 1. The van der Waals surface area contributed by atoms with Crippen LogP contribution in [0.15, 0.2) is 78.2 Å². The molecule has 0 saturated carbocycles. The molecule has 182 valence electrons. The fraction of sp³-hybridized carbons (Fsp3) is 0.296. The van der Waals surface area contributed by atoms with Crippen molar-refractivity contribution < 1.29 is 18.3 Å². The third kappa shape index (κ3) is 8.28. The number of rotatable bonds is 12. The maximum absolute atomic E-state index is 12.7. The van der Waals surface area contributed by atoms with E-state index >= 15 is 0 Å². The number of allylic oxidation sites excluding steroid dienone is 5. The highest BCUT2D eigenvalue weighted by atomic mass is 35.5. The molecule has 0 radical (unpaired) electrons. The van der Waals surface area contributed by atoms with E-state index in [2.05, 4.69) is 11.9 Å². The maximum Gasteiger partial charge on any atom is 0.255 e. The molecule has 1 unspecified atom stereocenters. The van der Waals surface area contributed by atoms with Crippen molar-refractivity contribution in [2.75, 3.05) is 11.1 Å². The van der Waals surface area contributed by atoms with E-state index in [4.69, 9.17) is 11.6 Å². The van der Waals surface area contributed by atoms with Gasteiger partial charge in [-0.1, -0.05) is 55.8 Å². The van der Waals surface area contributed by atoms with Gasteiger partial charge in [0.15, 0.2) is 9.84 Å². The fourth-order valence-electron chi connectivity index (χ4n) is 3.34. The van der Waals surface area contributed by atoms with E-state index in [0.717, 1.165) is 6.42 Å². The van der Waals surface area contributed by atoms with Gasteiger partial charge in [-0.3, -0.25) is 4.79 Å². The van der Waals surface area contributed by atoms with Gasteiger partial charge in [0.2, 0.25) is 0 Å². The summed E-state index contributed by atoms with van der Waals surface area (Å²) in [6.45, 7) is 7.91. The first-order chi connectivity index (χ1) is 16.2. The van der Waals surface area contributed by atoms with Crippen LogP contribution in [0.2, 0.25) is 5.02 Å². The molecule has 0 aromatic heterocycles. The summed E-state index contributed by atoms with van der Waals surface area (Å²) < 4.78 is 25.1. The molecule has 0 fully saturated rings. The van der Waals surface area contributed by atoms with Gasteiger partial charge in [0.05, 0.1) is 16.8 Å². The van der Waals surface area contributed by atoms with Crippen molar-refractivity contribution in [1.82, 2.24) is 0 Å². The van der Waals surface area contributed by atoms with Crippen LogP contribution in [-0.4, -0.2) is 31.3 Å². The van der Waals surface area contributed by atoms with Crippen LogP contribution in [-0.2, 0) is 9.84 Å². The average Bonchev–Trinajstić information content (AvgIpc) is 2.80. The van der Waals surface area contributed by atoms with Crippen molar-refractivity contribution in [2.24, 2.45) is 0 Å². The Morgan fingerprint density at radius 3 is 2.50 bits per heavy atom. The monoisotopic (exact) mass is 501 g/mol. The highest BCUT2D eigenvalue weighted by Gasteiger charge is 2.16. The lowest BCUT2D eigenvalue weighted by Gasteiger charge is -2.11. The van der Waals surface area contributed by atoms with Crippen LogP contribution < -0.4 is 5.32 Å². The number of halogens is 1. The predicted octanol–water partition coefficient (Wildman–Crippen LogP) is 6.45. The summed E-state index contributed by atoms with van der Waals surface area (Å²) in [7, 11) is -3.48. The molecular formula is C27H32ClNO4S. The molecule has 7 heteroatoms. The van der Waals surface area contributed by atoms with Crippen LogP contribution in [0.1, 0.15) is 55.5 Å². The van der Waals surface area contributed by atoms with Gasteiger partial charge in [-0.25, -0.2) is 8.42 Å². The van der Waals surface area contributed by atoms with E-state index < -0.39 is 15.9 Å². The van der Waals surface area contributed by atoms with Crippen LogP contribution in [0, 0.1) is 0 Å². The van der Waals surface area contributed by atoms with Gasteiger partial charge in [-0.15, -0.1) is 0 Å². The summed E-state index contributed by atoms with van der Waals surface area (Å²) in [5.74, 6) is -0.408. The van der Waals surface area contributed by atoms with Crippen LogP contribution in [0.25, 0.3) is 5.57 Å². The van der Waals surface area contributed by atoms with Crippen LogP contribution >= 0.6 is 11.6 Å². The molecule has 0 aliphatic rings. The Morgan fingerprint density at radius 2 is 1.85 bits per heavy atom. The summed E-state index contributed by atoms with van der Waals surface area (Å²) in [6.07, 6.45) is 9.36. The first-order valence-electron chi connectivity index (χ1n) is 11.3. The molecule has 2 rings (SSSR count). The number of hydrogen-bond acceptors (Lipinski definition) is 4. The number of aliphatic hydroxyl groups excluding tert-OH is 1. The lowest BCUT2D eigenvalue weighted by Crippen LogP contribution is -2.14. The molecule has 1 amide bonds. The average molecular weight is 502 g/mol. The lowest BCUT2D eigenvalue weighted by atomic mass is 10.1. The lowest BCUT2D eigenvalue weighted by molar-refractivity contribution is 0.102. The Balaban J connectivity index is 2.06. The van der Waals surface area contributed by atoms with E-state index in [1.54, 1.807) is 18.2 Å². The minimum absolute atomic E-state index is 0.0424. The number of benzene rings is 2. The van der Waals surface area contributed by atoms with Crippen LogP contribution in [0.5, 0.6) is 0 Å². The van der Waals surface area contributed by atoms with Crippen molar-refractivity contribution >= 4 is 38.6 Å². The summed E-state index contributed by atoms with van der Waals surface area (Å²) >= 11 is 6.29. The van der Waals surface area contributed by atoms with Gasteiger partial charge >= 0.3 is 0 Å². The summed E-state index contributed by atoms with van der Waals surface area (Å²) in [5.41, 5.74) is 2.29. The Morgan fingerprint density at radius 1 is 1.15 bits per heavy atom. The zero-order valence-electron chi connectivity index (χ0n) is 19.6. The van der Waals surface area contributed by atoms with Crippen LogP contribution in [0.3, 0.4) is 0 Å². The first-order valence-corrected chi connectivity index (χ1v) is 13.3. The van der Waals surface area contributed by atoms with Crippen LogP contribution in [0.4, 0.5) is 5.69 Å². The molecule has 0 aliphatic carbocycles. The number of sulfone groups is 1. The van der Waals surface area contributed by atoms with Crippen molar-refractivity contribution in [3.63, 3.8) is 0 Å².